The molecule has 2 amide bonds. The second kappa shape index (κ2) is 5.35. The highest BCUT2D eigenvalue weighted by Crippen LogP contribution is 2.33. The molecule has 1 aliphatic carbocycles. The maximum absolute atomic E-state index is 12.3. The van der Waals surface area contributed by atoms with Gasteiger partial charge in [-0.3, -0.25) is 9.59 Å². The van der Waals surface area contributed by atoms with Gasteiger partial charge in [0.15, 0.2) is 0 Å². The van der Waals surface area contributed by atoms with Crippen LogP contribution in [-0.2, 0) is 4.79 Å². The first-order valence-electron chi connectivity index (χ1n) is 7.47. The minimum Gasteiger partial charge on any atom is -0.353 e. The lowest BCUT2D eigenvalue weighted by Crippen LogP contribution is -2.36. The molecule has 0 saturated heterocycles. The van der Waals surface area contributed by atoms with Gasteiger partial charge in [-0.05, 0) is 31.7 Å². The number of hydrogen-bond donors (Lipinski definition) is 1. The van der Waals surface area contributed by atoms with Crippen LogP contribution in [0.2, 0.25) is 0 Å². The van der Waals surface area contributed by atoms with Gasteiger partial charge in [0.25, 0.3) is 5.91 Å². The van der Waals surface area contributed by atoms with Crippen molar-refractivity contribution in [3.63, 3.8) is 0 Å². The quantitative estimate of drug-likeness (QED) is 0.902. The van der Waals surface area contributed by atoms with Crippen LogP contribution in [0.3, 0.4) is 0 Å². The Bertz CT molecular complexity index is 570. The molecule has 0 radical (unpaired) electrons. The average Bonchev–Trinajstić information content (AvgIpc) is 3.28. The van der Waals surface area contributed by atoms with Crippen LogP contribution in [0.15, 0.2) is 30.8 Å². The van der Waals surface area contributed by atoms with E-state index in [4.69, 9.17) is 0 Å². The number of carbonyl (C=O) groups is 2. The third kappa shape index (κ3) is 2.71. The number of benzene rings is 1. The predicted molar refractivity (Wildman–Crippen MR) is 81.5 cm³/mol. The van der Waals surface area contributed by atoms with Crippen molar-refractivity contribution in [2.75, 3.05) is 6.54 Å². The van der Waals surface area contributed by atoms with Crippen molar-refractivity contribution in [3.05, 3.63) is 42.0 Å². The van der Waals surface area contributed by atoms with Crippen LogP contribution in [0.1, 0.15) is 42.1 Å². The molecule has 110 valence electrons. The van der Waals surface area contributed by atoms with E-state index in [1.54, 1.807) is 11.0 Å². The maximum atomic E-state index is 12.3. The summed E-state index contributed by atoms with van der Waals surface area (Å²) in [5, 5.41) is 3.01. The molecule has 0 bridgehead atoms. The summed E-state index contributed by atoms with van der Waals surface area (Å²) in [6, 6.07) is 7.68. The second-order valence-electron chi connectivity index (χ2n) is 5.89. The summed E-state index contributed by atoms with van der Waals surface area (Å²) in [5.41, 5.74) is 2.24. The summed E-state index contributed by atoms with van der Waals surface area (Å²) in [6.07, 6.45) is 2.73. The molecule has 1 fully saturated rings. The van der Waals surface area contributed by atoms with Crippen molar-refractivity contribution in [1.29, 1.82) is 0 Å². The third-order valence-electron chi connectivity index (χ3n) is 4.32. The summed E-state index contributed by atoms with van der Waals surface area (Å²) in [5.74, 6) is 0.589. The smallest absolute Gasteiger partial charge is 0.258 e. The van der Waals surface area contributed by atoms with Crippen molar-refractivity contribution < 1.29 is 9.59 Å². The van der Waals surface area contributed by atoms with Crippen molar-refractivity contribution in [3.8, 4) is 0 Å². The van der Waals surface area contributed by atoms with Crippen LogP contribution < -0.4 is 5.32 Å². The number of rotatable bonds is 5. The fraction of sp³-hybridized carbons (Fsp3) is 0.412. The molecule has 0 spiro atoms. The van der Waals surface area contributed by atoms with E-state index >= 15 is 0 Å². The largest absolute Gasteiger partial charge is 0.353 e. The number of amides is 2. The molecule has 1 heterocycles. The Morgan fingerprint density at radius 1 is 1.38 bits per heavy atom. The summed E-state index contributed by atoms with van der Waals surface area (Å²) < 4.78 is 0. The maximum Gasteiger partial charge on any atom is 0.258 e. The Kier molecular flexibility index (Phi) is 3.53. The van der Waals surface area contributed by atoms with Crippen LogP contribution in [0.5, 0.6) is 0 Å². The van der Waals surface area contributed by atoms with E-state index in [0.717, 1.165) is 5.56 Å². The van der Waals surface area contributed by atoms with Gasteiger partial charge in [-0.2, -0.15) is 0 Å². The van der Waals surface area contributed by atoms with Crippen LogP contribution in [0, 0.1) is 5.92 Å². The second-order valence-corrected chi connectivity index (χ2v) is 5.89. The zero-order valence-electron chi connectivity index (χ0n) is 12.3. The molecule has 0 aromatic heterocycles. The van der Waals surface area contributed by atoms with E-state index in [9.17, 15) is 9.59 Å². The summed E-state index contributed by atoms with van der Waals surface area (Å²) in [7, 11) is 0. The van der Waals surface area contributed by atoms with Crippen molar-refractivity contribution in [1.82, 2.24) is 10.2 Å². The number of hydrogen-bond acceptors (Lipinski definition) is 2. The molecule has 4 heteroatoms. The first-order chi connectivity index (χ1) is 10.1. The van der Waals surface area contributed by atoms with Gasteiger partial charge in [0, 0.05) is 35.8 Å². The van der Waals surface area contributed by atoms with Crippen LogP contribution in [-0.4, -0.2) is 29.3 Å². The molecule has 4 nitrogen and oxygen atoms in total. The Morgan fingerprint density at radius 2 is 2.05 bits per heavy atom. The lowest BCUT2D eigenvalue weighted by atomic mass is 10.1. The number of carbonyl (C=O) groups excluding carboxylic acids is 2. The van der Waals surface area contributed by atoms with Crippen LogP contribution in [0.25, 0.3) is 5.70 Å². The number of nitrogens with zero attached hydrogens (tertiary/aromatic N) is 1. The van der Waals surface area contributed by atoms with Crippen LogP contribution in [0.4, 0.5) is 0 Å². The lowest BCUT2D eigenvalue weighted by molar-refractivity contribution is -0.121. The molecule has 1 aromatic carbocycles. The fourth-order valence-corrected chi connectivity index (χ4v) is 2.82. The van der Waals surface area contributed by atoms with E-state index in [0.29, 0.717) is 30.1 Å². The van der Waals surface area contributed by atoms with Crippen LogP contribution >= 0.6 is 0 Å². The Balaban J connectivity index is 1.58. The Hall–Kier alpha value is -2.10. The topological polar surface area (TPSA) is 49.4 Å². The summed E-state index contributed by atoms with van der Waals surface area (Å²) in [6.45, 7) is 6.41. The van der Waals surface area contributed by atoms with Gasteiger partial charge < -0.3 is 10.2 Å². The molecule has 0 unspecified atom stereocenters. The van der Waals surface area contributed by atoms with Gasteiger partial charge in [-0.1, -0.05) is 24.8 Å². The van der Waals surface area contributed by atoms with Crippen molar-refractivity contribution in [2.45, 2.75) is 32.2 Å². The normalized spacial score (nSPS) is 18.6. The SMILES string of the molecule is C=C1c2ccccc2C(=O)N1CCC(=O)N[C@@H](C)C1CC1. The first kappa shape index (κ1) is 13.9. The Morgan fingerprint density at radius 3 is 2.67 bits per heavy atom. The van der Waals surface area contributed by atoms with E-state index in [-0.39, 0.29) is 17.9 Å². The summed E-state index contributed by atoms with van der Waals surface area (Å²) in [4.78, 5) is 25.8. The van der Waals surface area contributed by atoms with Crippen molar-refractivity contribution >= 4 is 17.5 Å². The third-order valence-corrected chi connectivity index (χ3v) is 4.32. The van der Waals surface area contributed by atoms with E-state index in [1.807, 2.05) is 25.1 Å². The predicted octanol–water partition coefficient (Wildman–Crippen LogP) is 2.42. The minimum atomic E-state index is -0.0568. The van der Waals surface area contributed by atoms with Crippen molar-refractivity contribution in [2.24, 2.45) is 5.92 Å². The van der Waals surface area contributed by atoms with E-state index in [2.05, 4.69) is 11.9 Å². The molecule has 1 N–H and O–H groups in total. The zero-order chi connectivity index (χ0) is 15.0. The average molecular weight is 284 g/mol. The lowest BCUT2D eigenvalue weighted by Gasteiger charge is -2.18. The van der Waals surface area contributed by atoms with E-state index < -0.39 is 0 Å². The molecule has 21 heavy (non-hydrogen) atoms. The van der Waals surface area contributed by atoms with Gasteiger partial charge in [-0.15, -0.1) is 0 Å². The van der Waals surface area contributed by atoms with Gasteiger partial charge in [-0.25, -0.2) is 0 Å². The highest BCUT2D eigenvalue weighted by molar-refractivity contribution is 6.08. The summed E-state index contributed by atoms with van der Waals surface area (Å²) >= 11 is 0. The molecule has 1 atom stereocenters. The van der Waals surface area contributed by atoms with E-state index in [1.165, 1.54) is 12.8 Å². The highest BCUT2D eigenvalue weighted by atomic mass is 16.2. The molecular weight excluding hydrogens is 264 g/mol. The molecule has 1 saturated carbocycles. The molecule has 3 rings (SSSR count). The first-order valence-corrected chi connectivity index (χ1v) is 7.47. The molecule has 1 aromatic rings. The molecule has 1 aliphatic heterocycles. The highest BCUT2D eigenvalue weighted by Gasteiger charge is 2.31. The van der Waals surface area contributed by atoms with Gasteiger partial charge in [0.05, 0.1) is 0 Å². The number of nitrogens with one attached hydrogen (secondary N) is 1. The molecular formula is C17H20N2O2. The fourth-order valence-electron chi connectivity index (χ4n) is 2.82. The van der Waals surface area contributed by atoms with Gasteiger partial charge in [0.2, 0.25) is 5.91 Å². The van der Waals surface area contributed by atoms with Gasteiger partial charge >= 0.3 is 0 Å². The monoisotopic (exact) mass is 284 g/mol. The Labute approximate surface area is 124 Å². The minimum absolute atomic E-state index is 0.00551. The zero-order valence-corrected chi connectivity index (χ0v) is 12.3. The molecule has 2 aliphatic rings. The van der Waals surface area contributed by atoms with Gasteiger partial charge in [0.1, 0.15) is 0 Å². The standard InChI is InChI=1S/C17H20N2O2/c1-11(13-7-8-13)18-16(20)9-10-19-12(2)14-5-3-4-6-15(14)17(19)21/h3-6,11,13H,2,7-10H2,1H3,(H,18,20)/t11-/m0/s1. The number of fused-ring (bicyclic) bond motifs is 1.